The van der Waals surface area contributed by atoms with Gasteiger partial charge in [0.1, 0.15) is 0 Å². The van der Waals surface area contributed by atoms with Crippen LogP contribution in [0.3, 0.4) is 0 Å². The second-order valence-electron chi connectivity index (χ2n) is 6.05. The Morgan fingerprint density at radius 3 is 2.38 bits per heavy atom. The molecule has 2 nitrogen and oxygen atoms in total. The van der Waals surface area contributed by atoms with E-state index in [1.54, 1.807) is 0 Å². The van der Waals surface area contributed by atoms with Gasteiger partial charge in [0.2, 0.25) is 0 Å². The predicted octanol–water partition coefficient (Wildman–Crippen LogP) is 2.64. The molecule has 0 bridgehead atoms. The molecule has 16 heavy (non-hydrogen) atoms. The lowest BCUT2D eigenvalue weighted by Crippen LogP contribution is -2.39. The first kappa shape index (κ1) is 12.4. The maximum atomic E-state index is 3.85. The molecule has 1 N–H and O–H groups in total. The quantitative estimate of drug-likeness (QED) is 0.790. The van der Waals surface area contributed by atoms with E-state index in [4.69, 9.17) is 0 Å². The van der Waals surface area contributed by atoms with Crippen molar-refractivity contribution in [2.45, 2.75) is 71.0 Å². The monoisotopic (exact) mass is 224 g/mol. The summed E-state index contributed by atoms with van der Waals surface area (Å²) in [6.07, 6.45) is 7.00. The highest BCUT2D eigenvalue weighted by Gasteiger charge is 2.29. The lowest BCUT2D eigenvalue weighted by atomic mass is 10.1. The van der Waals surface area contributed by atoms with Gasteiger partial charge >= 0.3 is 0 Å². The summed E-state index contributed by atoms with van der Waals surface area (Å²) in [6.45, 7) is 9.60. The standard InChI is InChI=1S/C14H28N2/c1-11(2)16-9-4-5-14(8-10-16)15-12(3)13-6-7-13/h11-15H,4-10H2,1-3H3. The Labute approximate surface area is 101 Å². The van der Waals surface area contributed by atoms with Crippen LogP contribution in [-0.4, -0.2) is 36.1 Å². The van der Waals surface area contributed by atoms with E-state index in [0.717, 1.165) is 24.0 Å². The van der Waals surface area contributed by atoms with E-state index in [0.29, 0.717) is 0 Å². The molecule has 94 valence electrons. The van der Waals surface area contributed by atoms with Gasteiger partial charge in [0.25, 0.3) is 0 Å². The summed E-state index contributed by atoms with van der Waals surface area (Å²) in [7, 11) is 0. The summed E-state index contributed by atoms with van der Waals surface area (Å²) in [5.41, 5.74) is 0. The van der Waals surface area contributed by atoms with Crippen molar-refractivity contribution in [1.29, 1.82) is 0 Å². The molecular formula is C14H28N2. The van der Waals surface area contributed by atoms with Crippen LogP contribution < -0.4 is 5.32 Å². The topological polar surface area (TPSA) is 15.3 Å². The van der Waals surface area contributed by atoms with Crippen LogP contribution >= 0.6 is 0 Å². The predicted molar refractivity (Wildman–Crippen MR) is 69.7 cm³/mol. The van der Waals surface area contributed by atoms with E-state index in [9.17, 15) is 0 Å². The van der Waals surface area contributed by atoms with Crippen LogP contribution in [0.2, 0.25) is 0 Å². The van der Waals surface area contributed by atoms with Gasteiger partial charge in [-0.1, -0.05) is 0 Å². The summed E-state index contributed by atoms with van der Waals surface area (Å²) in [5, 5.41) is 3.85. The van der Waals surface area contributed by atoms with Crippen molar-refractivity contribution in [3.8, 4) is 0 Å². The highest BCUT2D eigenvalue weighted by Crippen LogP contribution is 2.32. The molecule has 2 heteroatoms. The maximum Gasteiger partial charge on any atom is 0.00823 e. The van der Waals surface area contributed by atoms with Crippen molar-refractivity contribution < 1.29 is 0 Å². The SMILES string of the molecule is CC(NC1CCCN(C(C)C)CC1)C1CC1. The van der Waals surface area contributed by atoms with Gasteiger partial charge in [-0.05, 0) is 71.9 Å². The third-order valence-corrected chi connectivity index (χ3v) is 4.32. The molecule has 1 saturated carbocycles. The maximum absolute atomic E-state index is 3.85. The van der Waals surface area contributed by atoms with Crippen LogP contribution in [0.5, 0.6) is 0 Å². The molecule has 2 unspecified atom stereocenters. The lowest BCUT2D eigenvalue weighted by molar-refractivity contribution is 0.228. The minimum atomic E-state index is 0.722. The summed E-state index contributed by atoms with van der Waals surface area (Å²) >= 11 is 0. The molecular weight excluding hydrogens is 196 g/mol. The van der Waals surface area contributed by atoms with Gasteiger partial charge in [-0.2, -0.15) is 0 Å². The minimum Gasteiger partial charge on any atom is -0.311 e. The van der Waals surface area contributed by atoms with Crippen LogP contribution in [0.25, 0.3) is 0 Å². The number of hydrogen-bond acceptors (Lipinski definition) is 2. The molecule has 0 aromatic heterocycles. The number of hydrogen-bond donors (Lipinski definition) is 1. The Balaban J connectivity index is 1.74. The molecule has 0 radical (unpaired) electrons. The first-order chi connectivity index (χ1) is 7.66. The summed E-state index contributed by atoms with van der Waals surface area (Å²) in [5.74, 6) is 0.990. The molecule has 2 atom stereocenters. The van der Waals surface area contributed by atoms with Crippen molar-refractivity contribution in [1.82, 2.24) is 10.2 Å². The van der Waals surface area contributed by atoms with Crippen molar-refractivity contribution in [2.75, 3.05) is 13.1 Å². The van der Waals surface area contributed by atoms with E-state index < -0.39 is 0 Å². The van der Waals surface area contributed by atoms with Gasteiger partial charge in [-0.15, -0.1) is 0 Å². The van der Waals surface area contributed by atoms with E-state index in [1.165, 1.54) is 45.2 Å². The third kappa shape index (κ3) is 3.46. The average molecular weight is 224 g/mol. The molecule has 1 aliphatic heterocycles. The number of nitrogens with zero attached hydrogens (tertiary/aromatic N) is 1. The Kier molecular flexibility index (Phi) is 4.26. The summed E-state index contributed by atoms with van der Waals surface area (Å²) in [4.78, 5) is 2.63. The van der Waals surface area contributed by atoms with E-state index in [1.807, 2.05) is 0 Å². The fourth-order valence-corrected chi connectivity index (χ4v) is 2.91. The Morgan fingerprint density at radius 1 is 1.00 bits per heavy atom. The van der Waals surface area contributed by atoms with E-state index in [2.05, 4.69) is 31.0 Å². The van der Waals surface area contributed by atoms with Crippen LogP contribution in [-0.2, 0) is 0 Å². The molecule has 2 rings (SSSR count). The molecule has 1 aliphatic carbocycles. The smallest absolute Gasteiger partial charge is 0.00823 e. The highest BCUT2D eigenvalue weighted by molar-refractivity contribution is 4.86. The molecule has 1 heterocycles. The molecule has 0 aromatic carbocycles. The Bertz CT molecular complexity index is 211. The molecule has 1 saturated heterocycles. The molecule has 0 amide bonds. The van der Waals surface area contributed by atoms with Crippen LogP contribution in [0.15, 0.2) is 0 Å². The average Bonchev–Trinajstić information content (AvgIpc) is 3.04. The number of nitrogens with one attached hydrogen (secondary N) is 1. The van der Waals surface area contributed by atoms with Crippen molar-refractivity contribution in [3.63, 3.8) is 0 Å². The Hall–Kier alpha value is -0.0800. The molecule has 0 aromatic rings. The largest absolute Gasteiger partial charge is 0.311 e. The fraction of sp³-hybridized carbons (Fsp3) is 1.00. The van der Waals surface area contributed by atoms with Crippen LogP contribution in [0.1, 0.15) is 52.9 Å². The molecule has 0 spiro atoms. The number of rotatable bonds is 4. The second kappa shape index (κ2) is 5.50. The normalized spacial score (nSPS) is 30.4. The zero-order valence-corrected chi connectivity index (χ0v) is 11.2. The highest BCUT2D eigenvalue weighted by atomic mass is 15.2. The van der Waals surface area contributed by atoms with Crippen molar-refractivity contribution in [2.24, 2.45) is 5.92 Å². The third-order valence-electron chi connectivity index (χ3n) is 4.32. The van der Waals surface area contributed by atoms with Gasteiger partial charge in [0.05, 0.1) is 0 Å². The zero-order chi connectivity index (χ0) is 11.5. The summed E-state index contributed by atoms with van der Waals surface area (Å²) in [6, 6.07) is 2.26. The second-order valence-corrected chi connectivity index (χ2v) is 6.05. The first-order valence-corrected chi connectivity index (χ1v) is 7.17. The van der Waals surface area contributed by atoms with Gasteiger partial charge in [-0.25, -0.2) is 0 Å². The fourth-order valence-electron chi connectivity index (χ4n) is 2.91. The zero-order valence-electron chi connectivity index (χ0n) is 11.2. The van der Waals surface area contributed by atoms with Gasteiger partial charge < -0.3 is 10.2 Å². The molecule has 2 aliphatic rings. The van der Waals surface area contributed by atoms with Crippen molar-refractivity contribution >= 4 is 0 Å². The lowest BCUT2D eigenvalue weighted by Gasteiger charge is -2.25. The summed E-state index contributed by atoms with van der Waals surface area (Å²) < 4.78 is 0. The van der Waals surface area contributed by atoms with Gasteiger partial charge in [-0.3, -0.25) is 0 Å². The van der Waals surface area contributed by atoms with Gasteiger partial charge in [0.15, 0.2) is 0 Å². The number of likely N-dealkylation sites (tertiary alicyclic amines) is 1. The Morgan fingerprint density at radius 2 is 1.75 bits per heavy atom. The van der Waals surface area contributed by atoms with Crippen LogP contribution in [0.4, 0.5) is 0 Å². The van der Waals surface area contributed by atoms with E-state index >= 15 is 0 Å². The van der Waals surface area contributed by atoms with Crippen LogP contribution in [0, 0.1) is 5.92 Å². The molecule has 2 fully saturated rings. The van der Waals surface area contributed by atoms with Crippen molar-refractivity contribution in [3.05, 3.63) is 0 Å². The first-order valence-electron chi connectivity index (χ1n) is 7.17. The minimum absolute atomic E-state index is 0.722. The van der Waals surface area contributed by atoms with Gasteiger partial charge in [0, 0.05) is 18.1 Å². The van der Waals surface area contributed by atoms with E-state index in [-0.39, 0.29) is 0 Å².